The van der Waals surface area contributed by atoms with E-state index in [4.69, 9.17) is 9.47 Å². The Balaban J connectivity index is 1.84. The minimum absolute atomic E-state index is 0.354. The molecule has 0 heterocycles. The number of rotatable bonds is 8. The van der Waals surface area contributed by atoms with Crippen LogP contribution >= 0.6 is 0 Å². The van der Waals surface area contributed by atoms with Crippen LogP contribution in [0.25, 0.3) is 0 Å². The van der Waals surface area contributed by atoms with Crippen LogP contribution < -0.4 is 4.74 Å². The second-order valence-corrected chi connectivity index (χ2v) is 5.48. The molecule has 0 aliphatic rings. The Kier molecular flexibility index (Phi) is 7.02. The van der Waals surface area contributed by atoms with Crippen LogP contribution in [0.5, 0.6) is 5.75 Å². The zero-order valence-electron chi connectivity index (χ0n) is 13.9. The van der Waals surface area contributed by atoms with E-state index in [1.165, 1.54) is 0 Å². The maximum Gasteiger partial charge on any atom is 0.343 e. The zero-order chi connectivity index (χ0) is 17.2. The molecular weight excluding hydrogens is 304 g/mol. The molecule has 0 bridgehead atoms. The van der Waals surface area contributed by atoms with Crippen molar-refractivity contribution in [3.05, 3.63) is 65.7 Å². The van der Waals surface area contributed by atoms with Gasteiger partial charge in [0.2, 0.25) is 0 Å². The molecule has 0 atom stereocenters. The fraction of sp³-hybridized carbons (Fsp3) is 0.300. The highest BCUT2D eigenvalue weighted by molar-refractivity contribution is 5.91. The van der Waals surface area contributed by atoms with E-state index >= 15 is 0 Å². The highest BCUT2D eigenvalue weighted by Crippen LogP contribution is 2.15. The highest BCUT2D eigenvalue weighted by Gasteiger charge is 2.10. The van der Waals surface area contributed by atoms with E-state index in [-0.39, 0.29) is 5.97 Å². The van der Waals surface area contributed by atoms with Gasteiger partial charge in [0, 0.05) is 0 Å². The number of hydrogen-bond donors (Lipinski definition) is 0. The molecule has 0 N–H and O–H groups in total. The fourth-order valence-electron chi connectivity index (χ4n) is 2.18. The van der Waals surface area contributed by atoms with Gasteiger partial charge in [0.1, 0.15) is 5.75 Å². The molecule has 4 nitrogen and oxygen atoms in total. The molecular formula is C20H22O4. The van der Waals surface area contributed by atoms with Gasteiger partial charge in [-0.3, -0.25) is 0 Å². The number of carbonyl (C=O) groups excluding carboxylic acids is 2. The lowest BCUT2D eigenvalue weighted by Crippen LogP contribution is -2.09. The van der Waals surface area contributed by atoms with Gasteiger partial charge in [0.05, 0.1) is 17.7 Å². The summed E-state index contributed by atoms with van der Waals surface area (Å²) in [7, 11) is 0. The SMILES string of the molecule is CCCCCCOC(=O)c1ccc(OC(=O)c2ccccc2)cc1. The van der Waals surface area contributed by atoms with E-state index in [2.05, 4.69) is 6.92 Å². The number of ether oxygens (including phenoxy) is 2. The first kappa shape index (κ1) is 17.7. The Morgan fingerprint density at radius 3 is 2.12 bits per heavy atom. The van der Waals surface area contributed by atoms with Gasteiger partial charge >= 0.3 is 11.9 Å². The van der Waals surface area contributed by atoms with E-state index < -0.39 is 5.97 Å². The van der Waals surface area contributed by atoms with E-state index in [9.17, 15) is 9.59 Å². The van der Waals surface area contributed by atoms with Crippen LogP contribution in [0, 0.1) is 0 Å². The molecule has 0 saturated carbocycles. The maximum atomic E-state index is 11.9. The predicted octanol–water partition coefficient (Wildman–Crippen LogP) is 4.64. The minimum Gasteiger partial charge on any atom is -0.462 e. The van der Waals surface area contributed by atoms with Crippen molar-refractivity contribution >= 4 is 11.9 Å². The Morgan fingerprint density at radius 1 is 0.792 bits per heavy atom. The highest BCUT2D eigenvalue weighted by atomic mass is 16.5. The quantitative estimate of drug-likeness (QED) is 0.403. The first-order chi connectivity index (χ1) is 11.7. The Morgan fingerprint density at radius 2 is 1.46 bits per heavy atom. The van der Waals surface area contributed by atoms with Crippen molar-refractivity contribution in [3.63, 3.8) is 0 Å². The molecule has 0 amide bonds. The second-order valence-electron chi connectivity index (χ2n) is 5.48. The summed E-state index contributed by atoms with van der Waals surface area (Å²) in [5, 5.41) is 0. The number of benzene rings is 2. The van der Waals surface area contributed by atoms with E-state index in [1.807, 2.05) is 6.07 Å². The summed E-state index contributed by atoms with van der Waals surface area (Å²) in [6.07, 6.45) is 4.25. The normalized spacial score (nSPS) is 10.2. The summed E-state index contributed by atoms with van der Waals surface area (Å²) in [5.74, 6) is -0.391. The van der Waals surface area contributed by atoms with Crippen LogP contribution in [0.4, 0.5) is 0 Å². The molecule has 0 unspecified atom stereocenters. The molecule has 0 radical (unpaired) electrons. The molecule has 24 heavy (non-hydrogen) atoms. The van der Waals surface area contributed by atoms with E-state index in [1.54, 1.807) is 48.5 Å². The molecule has 0 aromatic heterocycles. The number of carbonyl (C=O) groups is 2. The van der Waals surface area contributed by atoms with Crippen LogP contribution in [0.1, 0.15) is 53.3 Å². The Bertz CT molecular complexity index is 647. The molecule has 126 valence electrons. The molecule has 0 aliphatic heterocycles. The van der Waals surface area contributed by atoms with Gasteiger partial charge in [0.25, 0.3) is 0 Å². The lowest BCUT2D eigenvalue weighted by molar-refractivity contribution is 0.0497. The summed E-state index contributed by atoms with van der Waals surface area (Å²) in [4.78, 5) is 23.8. The van der Waals surface area contributed by atoms with Gasteiger partial charge in [-0.25, -0.2) is 9.59 Å². The average molecular weight is 326 g/mol. The lowest BCUT2D eigenvalue weighted by atomic mass is 10.2. The Hall–Kier alpha value is -2.62. The van der Waals surface area contributed by atoms with Crippen molar-refractivity contribution in [1.29, 1.82) is 0 Å². The number of unbranched alkanes of at least 4 members (excludes halogenated alkanes) is 3. The summed E-state index contributed by atoms with van der Waals surface area (Å²) in [6, 6.07) is 15.1. The zero-order valence-corrected chi connectivity index (χ0v) is 13.9. The molecule has 2 aromatic rings. The van der Waals surface area contributed by atoms with Gasteiger partial charge in [-0.05, 0) is 42.8 Å². The van der Waals surface area contributed by atoms with Crippen LogP contribution in [-0.2, 0) is 4.74 Å². The van der Waals surface area contributed by atoms with Crippen molar-refractivity contribution in [2.75, 3.05) is 6.61 Å². The van der Waals surface area contributed by atoms with Gasteiger partial charge in [-0.2, -0.15) is 0 Å². The molecule has 0 spiro atoms. The second kappa shape index (κ2) is 9.50. The topological polar surface area (TPSA) is 52.6 Å². The maximum absolute atomic E-state index is 11.9. The monoisotopic (exact) mass is 326 g/mol. The third kappa shape index (κ3) is 5.54. The van der Waals surface area contributed by atoms with E-state index in [0.29, 0.717) is 23.5 Å². The molecule has 2 rings (SSSR count). The van der Waals surface area contributed by atoms with Crippen LogP contribution in [0.15, 0.2) is 54.6 Å². The average Bonchev–Trinajstić information content (AvgIpc) is 2.62. The van der Waals surface area contributed by atoms with Crippen molar-refractivity contribution in [1.82, 2.24) is 0 Å². The fourth-order valence-corrected chi connectivity index (χ4v) is 2.18. The smallest absolute Gasteiger partial charge is 0.343 e. The minimum atomic E-state index is -0.429. The van der Waals surface area contributed by atoms with Gasteiger partial charge in [-0.1, -0.05) is 44.4 Å². The molecule has 0 saturated heterocycles. The van der Waals surface area contributed by atoms with Crippen LogP contribution in [0.2, 0.25) is 0 Å². The first-order valence-corrected chi connectivity index (χ1v) is 8.25. The van der Waals surface area contributed by atoms with Gasteiger partial charge < -0.3 is 9.47 Å². The van der Waals surface area contributed by atoms with Crippen LogP contribution in [0.3, 0.4) is 0 Å². The Labute approximate surface area is 142 Å². The summed E-state index contributed by atoms with van der Waals surface area (Å²) >= 11 is 0. The van der Waals surface area contributed by atoms with Crippen molar-refractivity contribution < 1.29 is 19.1 Å². The lowest BCUT2D eigenvalue weighted by Gasteiger charge is -2.07. The van der Waals surface area contributed by atoms with Crippen molar-refractivity contribution in [2.24, 2.45) is 0 Å². The third-order valence-electron chi connectivity index (χ3n) is 3.54. The third-order valence-corrected chi connectivity index (χ3v) is 3.54. The summed E-state index contributed by atoms with van der Waals surface area (Å²) < 4.78 is 10.5. The number of esters is 2. The largest absolute Gasteiger partial charge is 0.462 e. The summed E-state index contributed by atoms with van der Waals surface area (Å²) in [5.41, 5.74) is 0.929. The predicted molar refractivity (Wildman–Crippen MR) is 92.3 cm³/mol. The van der Waals surface area contributed by atoms with E-state index in [0.717, 1.165) is 25.7 Å². The molecule has 4 heteroatoms. The molecule has 0 aliphatic carbocycles. The first-order valence-electron chi connectivity index (χ1n) is 8.25. The standard InChI is InChI=1S/C20H22O4/c1-2-3-4-8-15-23-19(21)17-11-13-18(14-12-17)24-20(22)16-9-6-5-7-10-16/h5-7,9-14H,2-4,8,15H2,1H3. The van der Waals surface area contributed by atoms with Gasteiger partial charge in [0.15, 0.2) is 0 Å². The molecule has 0 fully saturated rings. The van der Waals surface area contributed by atoms with Gasteiger partial charge in [-0.15, -0.1) is 0 Å². The van der Waals surface area contributed by atoms with Crippen LogP contribution in [-0.4, -0.2) is 18.5 Å². The number of hydrogen-bond acceptors (Lipinski definition) is 4. The van der Waals surface area contributed by atoms with Crippen molar-refractivity contribution in [2.45, 2.75) is 32.6 Å². The van der Waals surface area contributed by atoms with Crippen molar-refractivity contribution in [3.8, 4) is 5.75 Å². The summed E-state index contributed by atoms with van der Waals surface area (Å²) in [6.45, 7) is 2.57. The molecule has 2 aromatic carbocycles.